The molecule has 0 bridgehead atoms. The number of aliphatic hydroxyl groups is 1. The molecular formula is C31H29ClFN5O4. The molecule has 0 radical (unpaired) electrons. The van der Waals surface area contributed by atoms with Crippen LogP contribution in [0.4, 0.5) is 15.0 Å². The van der Waals surface area contributed by atoms with Crippen molar-refractivity contribution < 1.29 is 23.8 Å². The molecule has 3 heterocycles. The number of hydrogen-bond donors (Lipinski definition) is 2. The number of aromatic nitrogens is 2. The summed E-state index contributed by atoms with van der Waals surface area (Å²) in [5.41, 5.74) is 4.39. The first-order chi connectivity index (χ1) is 20.3. The molecule has 216 valence electrons. The van der Waals surface area contributed by atoms with Crippen LogP contribution in [-0.4, -0.2) is 44.6 Å². The van der Waals surface area contributed by atoms with Crippen LogP contribution in [-0.2, 0) is 31.5 Å². The molecule has 0 aliphatic carbocycles. The first-order valence-electron chi connectivity index (χ1n) is 13.6. The van der Waals surface area contributed by atoms with E-state index in [4.69, 9.17) is 16.3 Å². The molecule has 2 N–H and O–H groups in total. The largest absolute Gasteiger partial charge is 0.489 e. The molecule has 42 heavy (non-hydrogen) atoms. The lowest BCUT2D eigenvalue weighted by Crippen LogP contribution is -2.50. The van der Waals surface area contributed by atoms with E-state index in [1.165, 1.54) is 11.0 Å². The van der Waals surface area contributed by atoms with Crippen molar-refractivity contribution in [1.82, 2.24) is 19.8 Å². The molecule has 2 aliphatic heterocycles. The maximum absolute atomic E-state index is 14.1. The van der Waals surface area contributed by atoms with Crippen molar-refractivity contribution in [2.45, 2.75) is 32.2 Å². The van der Waals surface area contributed by atoms with E-state index in [0.717, 1.165) is 22.3 Å². The van der Waals surface area contributed by atoms with Crippen LogP contribution in [0.15, 0.2) is 66.9 Å². The second-order valence-electron chi connectivity index (χ2n) is 10.4. The number of imide groups is 1. The van der Waals surface area contributed by atoms with Gasteiger partial charge in [-0.1, -0.05) is 41.9 Å². The lowest BCUT2D eigenvalue weighted by molar-refractivity contribution is -0.120. The second kappa shape index (κ2) is 11.6. The molecule has 0 saturated carbocycles. The molecular weight excluding hydrogens is 561 g/mol. The van der Waals surface area contributed by atoms with Crippen LogP contribution in [0.3, 0.4) is 0 Å². The van der Waals surface area contributed by atoms with Gasteiger partial charge in [0.1, 0.15) is 29.8 Å². The number of nitrogens with zero attached hydrogens (tertiary/aromatic N) is 4. The fraction of sp³-hybridized carbons (Fsp3) is 0.258. The van der Waals surface area contributed by atoms with Crippen LogP contribution in [0.1, 0.15) is 34.7 Å². The molecule has 3 aromatic carbocycles. The molecule has 6 rings (SSSR count). The average Bonchev–Trinajstić information content (AvgIpc) is 3.52. The Hall–Kier alpha value is -4.25. The Balaban J connectivity index is 1.15. The smallest absolute Gasteiger partial charge is 0.329 e. The van der Waals surface area contributed by atoms with Crippen LogP contribution in [0, 0.1) is 5.82 Å². The fourth-order valence-electron chi connectivity index (χ4n) is 5.55. The van der Waals surface area contributed by atoms with Crippen molar-refractivity contribution in [1.29, 1.82) is 0 Å². The minimum Gasteiger partial charge on any atom is -0.489 e. The van der Waals surface area contributed by atoms with Crippen molar-refractivity contribution >= 4 is 29.4 Å². The number of anilines is 1. The highest BCUT2D eigenvalue weighted by Crippen LogP contribution is 2.37. The third-order valence-electron chi connectivity index (χ3n) is 7.80. The van der Waals surface area contributed by atoms with Gasteiger partial charge in [-0.3, -0.25) is 19.9 Å². The third-order valence-corrected chi connectivity index (χ3v) is 8.15. The molecule has 4 aromatic rings. The second-order valence-corrected chi connectivity index (χ2v) is 10.8. The maximum atomic E-state index is 14.1. The Labute approximate surface area is 247 Å². The third kappa shape index (κ3) is 5.36. The van der Waals surface area contributed by atoms with E-state index >= 15 is 0 Å². The van der Waals surface area contributed by atoms with Gasteiger partial charge in [0.25, 0.3) is 0 Å². The number of carbonyl (C=O) groups is 2. The number of nitrogens with one attached hydrogen (secondary N) is 1. The Morgan fingerprint density at radius 2 is 1.95 bits per heavy atom. The first kappa shape index (κ1) is 27.9. The minimum atomic E-state index is -0.458. The molecule has 11 heteroatoms. The highest BCUT2D eigenvalue weighted by atomic mass is 35.5. The van der Waals surface area contributed by atoms with Gasteiger partial charge >= 0.3 is 6.03 Å². The number of ether oxygens (including phenoxy) is 1. The summed E-state index contributed by atoms with van der Waals surface area (Å²) in [6, 6.07) is 17.6. The van der Waals surface area contributed by atoms with Gasteiger partial charge in [0.15, 0.2) is 0 Å². The lowest BCUT2D eigenvalue weighted by atomic mass is 10.0. The van der Waals surface area contributed by atoms with Gasteiger partial charge in [0.2, 0.25) is 5.91 Å². The van der Waals surface area contributed by atoms with Gasteiger partial charge < -0.3 is 14.4 Å². The topological polar surface area (TPSA) is 99.9 Å². The van der Waals surface area contributed by atoms with Gasteiger partial charge in [-0.15, -0.1) is 0 Å². The molecule has 1 atom stereocenters. The molecule has 0 unspecified atom stereocenters. The van der Waals surface area contributed by atoms with Gasteiger partial charge in [0.05, 0.1) is 23.9 Å². The Morgan fingerprint density at radius 3 is 2.69 bits per heavy atom. The summed E-state index contributed by atoms with van der Waals surface area (Å²) in [5, 5.41) is 13.0. The molecule has 2 aliphatic rings. The van der Waals surface area contributed by atoms with E-state index in [2.05, 4.69) is 21.3 Å². The molecule has 1 fully saturated rings. The molecule has 0 spiro atoms. The normalized spacial score (nSPS) is 17.0. The summed E-state index contributed by atoms with van der Waals surface area (Å²) < 4.78 is 21.6. The summed E-state index contributed by atoms with van der Waals surface area (Å²) in [6.45, 7) is 1.57. The van der Waals surface area contributed by atoms with Gasteiger partial charge in [-0.25, -0.2) is 14.2 Å². The van der Waals surface area contributed by atoms with Crippen molar-refractivity contribution in [3.8, 4) is 17.1 Å². The zero-order valence-corrected chi connectivity index (χ0v) is 23.6. The van der Waals surface area contributed by atoms with Gasteiger partial charge in [-0.2, -0.15) is 0 Å². The maximum Gasteiger partial charge on any atom is 0.329 e. The number of benzene rings is 3. The molecule has 1 aromatic heterocycles. The van der Waals surface area contributed by atoms with E-state index in [0.29, 0.717) is 47.6 Å². The number of imidazole rings is 1. The molecule has 3 amide bonds. The predicted molar refractivity (Wildman–Crippen MR) is 155 cm³/mol. The molecule has 1 saturated heterocycles. The zero-order valence-electron chi connectivity index (χ0n) is 22.9. The molecule has 9 nitrogen and oxygen atoms in total. The van der Waals surface area contributed by atoms with E-state index in [1.807, 2.05) is 48.0 Å². The highest BCUT2D eigenvalue weighted by Gasteiger charge is 2.31. The fourth-order valence-corrected chi connectivity index (χ4v) is 5.76. The Bertz CT molecular complexity index is 1640. The van der Waals surface area contributed by atoms with Crippen LogP contribution < -0.4 is 15.0 Å². The van der Waals surface area contributed by atoms with Gasteiger partial charge in [0, 0.05) is 44.2 Å². The van der Waals surface area contributed by atoms with E-state index in [-0.39, 0.29) is 31.6 Å². The van der Waals surface area contributed by atoms with Crippen molar-refractivity contribution in [3.05, 3.63) is 100.0 Å². The predicted octanol–water partition coefficient (Wildman–Crippen LogP) is 4.95. The number of hydrogen-bond acceptors (Lipinski definition) is 6. The minimum absolute atomic E-state index is 0.0314. The average molecular weight is 590 g/mol. The van der Waals surface area contributed by atoms with Gasteiger partial charge in [-0.05, 0) is 47.0 Å². The Kier molecular flexibility index (Phi) is 7.68. The van der Waals surface area contributed by atoms with Crippen molar-refractivity contribution in [2.24, 2.45) is 7.05 Å². The number of carbonyl (C=O) groups excluding carboxylic acids is 2. The number of fused-ring (bicyclic) bond motifs is 1. The standard InChI is InChI=1S/C31H29ClFN5O4/c1-36-29(38-12-11-28(40)35-31(38)41)14-34-30(36)20-7-8-21-16-37(27(17-39)23(21)13-20)15-19-5-9-22(10-6-19)42-18-24-25(32)3-2-4-26(24)33/h2-10,13-14,27,39H,11-12,15-18H2,1H3,(H,35,40,41)/t27-/m1/s1. The first-order valence-corrected chi connectivity index (χ1v) is 14.0. The highest BCUT2D eigenvalue weighted by molar-refractivity contribution is 6.31. The van der Waals surface area contributed by atoms with Crippen LogP contribution in [0.5, 0.6) is 5.75 Å². The number of rotatable bonds is 8. The van der Waals surface area contributed by atoms with Crippen LogP contribution >= 0.6 is 11.6 Å². The summed E-state index contributed by atoms with van der Waals surface area (Å²) in [5.74, 6) is 1.20. The summed E-state index contributed by atoms with van der Waals surface area (Å²) in [7, 11) is 1.84. The number of aliphatic hydroxyl groups excluding tert-OH is 1. The summed E-state index contributed by atoms with van der Waals surface area (Å²) in [4.78, 5) is 32.2. The van der Waals surface area contributed by atoms with E-state index in [9.17, 15) is 19.1 Å². The zero-order chi connectivity index (χ0) is 29.4. The van der Waals surface area contributed by atoms with Crippen LogP contribution in [0.2, 0.25) is 5.02 Å². The number of amides is 3. The Morgan fingerprint density at radius 1 is 1.14 bits per heavy atom. The van der Waals surface area contributed by atoms with Crippen molar-refractivity contribution in [2.75, 3.05) is 18.1 Å². The number of halogens is 2. The summed E-state index contributed by atoms with van der Waals surface area (Å²) >= 11 is 6.10. The number of urea groups is 1. The quantitative estimate of drug-likeness (QED) is 0.302. The van der Waals surface area contributed by atoms with Crippen LogP contribution in [0.25, 0.3) is 11.4 Å². The van der Waals surface area contributed by atoms with Crippen molar-refractivity contribution in [3.63, 3.8) is 0 Å². The van der Waals surface area contributed by atoms with E-state index in [1.54, 1.807) is 18.3 Å². The monoisotopic (exact) mass is 589 g/mol. The summed E-state index contributed by atoms with van der Waals surface area (Å²) in [6.07, 6.45) is 1.86. The SMILES string of the molecule is Cn1c(N2CCC(=O)NC2=O)cnc1-c1ccc2c(c1)[C@@H](CO)N(Cc1ccc(OCc3c(F)cccc3Cl)cc1)C2. The lowest BCUT2D eigenvalue weighted by Gasteiger charge is -2.26. The van der Waals surface area contributed by atoms with E-state index < -0.39 is 11.8 Å².